The van der Waals surface area contributed by atoms with E-state index in [1.54, 1.807) is 0 Å². The first-order chi connectivity index (χ1) is 15.6. The Morgan fingerprint density at radius 1 is 1.00 bits per heavy atom. The van der Waals surface area contributed by atoms with E-state index in [0.717, 1.165) is 32.6 Å². The molecule has 1 heterocycles. The van der Waals surface area contributed by atoms with Gasteiger partial charge in [0.15, 0.2) is 0 Å². The molecule has 1 aliphatic heterocycles. The summed E-state index contributed by atoms with van der Waals surface area (Å²) in [5, 5.41) is 21.2. The van der Waals surface area contributed by atoms with Gasteiger partial charge in [0.25, 0.3) is 11.3 Å². The van der Waals surface area contributed by atoms with Gasteiger partial charge in [-0.25, -0.2) is 9.59 Å². The lowest BCUT2D eigenvalue weighted by molar-refractivity contribution is -0.386. The van der Waals surface area contributed by atoms with Crippen LogP contribution in [0.5, 0.6) is 0 Å². The van der Waals surface area contributed by atoms with E-state index in [1.807, 2.05) is 0 Å². The van der Waals surface area contributed by atoms with Crippen LogP contribution in [0.4, 0.5) is 37.7 Å². The van der Waals surface area contributed by atoms with Crippen LogP contribution in [-0.4, -0.2) is 48.5 Å². The summed E-state index contributed by atoms with van der Waals surface area (Å²) < 4.78 is 88.5. The zero-order valence-electron chi connectivity index (χ0n) is 17.1. The number of aliphatic hydroxyl groups is 1. The fraction of sp³-hybridized carbons (Fsp3) is 0.263. The summed E-state index contributed by atoms with van der Waals surface area (Å²) >= 11 is 0. The molecule has 2 rings (SSSR count). The molecule has 9 nitrogen and oxygen atoms in total. The quantitative estimate of drug-likeness (QED) is 0.285. The van der Waals surface area contributed by atoms with E-state index < -0.39 is 63.0 Å². The lowest BCUT2D eigenvalue weighted by Gasteiger charge is -2.33. The van der Waals surface area contributed by atoms with Gasteiger partial charge in [-0.05, 0) is 18.2 Å². The first-order valence-corrected chi connectivity index (χ1v) is 8.81. The van der Waals surface area contributed by atoms with E-state index in [-0.39, 0.29) is 12.1 Å². The minimum absolute atomic E-state index is 0.130. The molecule has 0 fully saturated rings. The van der Waals surface area contributed by atoms with Crippen molar-refractivity contribution in [2.45, 2.75) is 18.0 Å². The molecule has 184 valence electrons. The predicted molar refractivity (Wildman–Crippen MR) is 101 cm³/mol. The zero-order valence-corrected chi connectivity index (χ0v) is 17.1. The maximum atomic E-state index is 13.2. The molecule has 0 saturated heterocycles. The number of ether oxygens (including phenoxy) is 2. The van der Waals surface area contributed by atoms with Crippen LogP contribution in [0.25, 0.3) is 0 Å². The lowest BCUT2D eigenvalue weighted by Crippen LogP contribution is -2.53. The monoisotopic (exact) mass is 496 g/mol. The molecule has 0 aliphatic carbocycles. The summed E-state index contributed by atoms with van der Waals surface area (Å²) in [5.41, 5.74) is -10.6. The van der Waals surface area contributed by atoms with Crippen LogP contribution >= 0.6 is 0 Å². The van der Waals surface area contributed by atoms with Crippen LogP contribution in [0.1, 0.15) is 5.56 Å². The lowest BCUT2D eigenvalue weighted by atomic mass is 9.91. The Hall–Kier alpha value is -3.88. The van der Waals surface area contributed by atoms with Gasteiger partial charge in [0.1, 0.15) is 11.4 Å². The van der Waals surface area contributed by atoms with Crippen molar-refractivity contribution >= 4 is 23.3 Å². The van der Waals surface area contributed by atoms with Crippen LogP contribution < -0.4 is 4.90 Å². The number of esters is 2. The number of allylic oxidation sites excluding steroid dienone is 2. The van der Waals surface area contributed by atoms with E-state index in [1.165, 1.54) is 6.08 Å². The normalized spacial score (nSPS) is 14.7. The van der Waals surface area contributed by atoms with Crippen molar-refractivity contribution < 1.29 is 55.4 Å². The second-order valence-corrected chi connectivity index (χ2v) is 6.48. The molecule has 0 aromatic heterocycles. The summed E-state index contributed by atoms with van der Waals surface area (Å²) in [5.74, 6) is -2.34. The topological polar surface area (TPSA) is 119 Å². The van der Waals surface area contributed by atoms with E-state index >= 15 is 0 Å². The average Bonchev–Trinajstić information content (AvgIpc) is 2.98. The molecule has 0 amide bonds. The molecule has 1 N–H and O–H groups in total. The molecule has 1 aromatic rings. The molecule has 15 heteroatoms. The SMILES string of the molecule is COC(=O)C1=C(C(=O)OC)N(c2ccc(C(O)(C(F)(F)F)C(F)(F)F)cc2[N+](=O)[O-])C=CC=C1. The van der Waals surface area contributed by atoms with E-state index in [4.69, 9.17) is 0 Å². The number of anilines is 1. The maximum absolute atomic E-state index is 13.2. The molecule has 0 saturated carbocycles. The van der Waals surface area contributed by atoms with Crippen LogP contribution in [0, 0.1) is 10.1 Å². The van der Waals surface area contributed by atoms with Crippen LogP contribution in [0.15, 0.2) is 53.9 Å². The average molecular weight is 496 g/mol. The number of nitro groups is 1. The molecular formula is C19H14F6N2O7. The van der Waals surface area contributed by atoms with Crippen molar-refractivity contribution in [3.05, 3.63) is 69.6 Å². The van der Waals surface area contributed by atoms with Crippen molar-refractivity contribution in [2.24, 2.45) is 0 Å². The first kappa shape index (κ1) is 26.4. The molecule has 0 bridgehead atoms. The predicted octanol–water partition coefficient (Wildman–Crippen LogP) is 3.40. The number of nitrogens with zero attached hydrogens (tertiary/aromatic N) is 2. The molecule has 0 atom stereocenters. The third kappa shape index (κ3) is 4.46. The van der Waals surface area contributed by atoms with Crippen molar-refractivity contribution in [2.75, 3.05) is 19.1 Å². The van der Waals surface area contributed by atoms with Crippen LogP contribution in [0.3, 0.4) is 0 Å². The molecular weight excluding hydrogens is 482 g/mol. The highest BCUT2D eigenvalue weighted by Crippen LogP contribution is 2.51. The van der Waals surface area contributed by atoms with Crippen molar-refractivity contribution in [3.8, 4) is 0 Å². The standard InChI is InChI=1S/C19H14F6N2O7/c1-33-15(28)11-5-3-4-8-26(14(11)16(29)34-2)12-7-6-10(9-13(12)27(31)32)17(30,18(20,21)22)19(23,24)25/h3-9,30H,1-2H3. The van der Waals surface area contributed by atoms with E-state index in [9.17, 15) is 51.2 Å². The fourth-order valence-corrected chi connectivity index (χ4v) is 2.94. The smallest absolute Gasteiger partial charge is 0.430 e. The van der Waals surface area contributed by atoms with Crippen molar-refractivity contribution in [1.29, 1.82) is 0 Å². The van der Waals surface area contributed by atoms with Crippen molar-refractivity contribution in [1.82, 2.24) is 0 Å². The van der Waals surface area contributed by atoms with E-state index in [2.05, 4.69) is 9.47 Å². The number of rotatable bonds is 5. The van der Waals surface area contributed by atoms with E-state index in [0.29, 0.717) is 11.0 Å². The number of hydrogen-bond donors (Lipinski definition) is 1. The third-order valence-corrected chi connectivity index (χ3v) is 4.56. The summed E-state index contributed by atoms with van der Waals surface area (Å²) in [4.78, 5) is 35.5. The number of alkyl halides is 6. The summed E-state index contributed by atoms with van der Waals surface area (Å²) in [6, 6.07) is 0.473. The Morgan fingerprint density at radius 3 is 2.03 bits per heavy atom. The summed E-state index contributed by atoms with van der Waals surface area (Å²) in [6.45, 7) is 0. The minimum atomic E-state index is -6.29. The Balaban J connectivity index is 2.88. The van der Waals surface area contributed by atoms with Crippen LogP contribution in [-0.2, 0) is 24.7 Å². The largest absolute Gasteiger partial charge is 0.465 e. The Bertz CT molecular complexity index is 1090. The number of nitro benzene ring substituents is 1. The van der Waals surface area contributed by atoms with Crippen molar-refractivity contribution in [3.63, 3.8) is 0 Å². The number of carbonyl (C=O) groups is 2. The Morgan fingerprint density at radius 2 is 1.56 bits per heavy atom. The van der Waals surface area contributed by atoms with Gasteiger partial charge < -0.3 is 19.5 Å². The first-order valence-electron chi connectivity index (χ1n) is 8.81. The molecule has 1 aromatic carbocycles. The fourth-order valence-electron chi connectivity index (χ4n) is 2.94. The van der Waals surface area contributed by atoms with Gasteiger partial charge in [0.05, 0.1) is 24.7 Å². The highest BCUT2D eigenvalue weighted by atomic mass is 19.4. The molecule has 0 spiro atoms. The summed E-state index contributed by atoms with van der Waals surface area (Å²) in [7, 11) is 1.85. The zero-order chi connectivity index (χ0) is 26.1. The molecule has 0 radical (unpaired) electrons. The summed E-state index contributed by atoms with van der Waals surface area (Å²) in [6.07, 6.45) is -8.16. The molecule has 34 heavy (non-hydrogen) atoms. The third-order valence-electron chi connectivity index (χ3n) is 4.56. The van der Waals surface area contributed by atoms with Gasteiger partial charge in [0, 0.05) is 17.8 Å². The second-order valence-electron chi connectivity index (χ2n) is 6.48. The van der Waals surface area contributed by atoms with Gasteiger partial charge in [0.2, 0.25) is 0 Å². The number of halogens is 6. The highest BCUT2D eigenvalue weighted by molar-refractivity contribution is 6.05. The molecule has 0 unspecified atom stereocenters. The van der Waals surface area contributed by atoms with Crippen LogP contribution in [0.2, 0.25) is 0 Å². The second kappa shape index (κ2) is 9.17. The van der Waals surface area contributed by atoms with Gasteiger partial charge in [-0.15, -0.1) is 0 Å². The Kier molecular flexibility index (Phi) is 7.11. The highest BCUT2D eigenvalue weighted by Gasteiger charge is 2.71. The van der Waals surface area contributed by atoms with Gasteiger partial charge >= 0.3 is 24.3 Å². The maximum Gasteiger partial charge on any atom is 0.430 e. The Labute approximate surface area is 186 Å². The van der Waals surface area contributed by atoms with Gasteiger partial charge in [-0.3, -0.25) is 10.1 Å². The number of benzene rings is 1. The minimum Gasteiger partial charge on any atom is -0.465 e. The molecule has 1 aliphatic rings. The number of carbonyl (C=O) groups excluding carboxylic acids is 2. The number of methoxy groups -OCH3 is 2. The number of hydrogen-bond acceptors (Lipinski definition) is 8. The van der Waals surface area contributed by atoms with Gasteiger partial charge in [-0.2, -0.15) is 26.3 Å². The van der Waals surface area contributed by atoms with Gasteiger partial charge in [-0.1, -0.05) is 12.1 Å².